The van der Waals surface area contributed by atoms with E-state index in [4.69, 9.17) is 0 Å². The highest BCUT2D eigenvalue weighted by atomic mass is 16.3. The number of likely N-dealkylation sites (tertiary alicyclic amines) is 1. The average molecular weight is 616 g/mol. The predicted molar refractivity (Wildman–Crippen MR) is 163 cm³/mol. The highest BCUT2D eigenvalue weighted by Gasteiger charge is 2.47. The van der Waals surface area contributed by atoms with Crippen LogP contribution in [0.4, 0.5) is 0 Å². The van der Waals surface area contributed by atoms with Crippen LogP contribution in [-0.4, -0.2) is 92.4 Å². The minimum Gasteiger partial charge on any atom is -0.381 e. The normalized spacial score (nSPS) is 22.6. The Kier molecular flexibility index (Phi) is 12.2. The molecule has 1 aromatic heterocycles. The minimum atomic E-state index is -1.41. The summed E-state index contributed by atoms with van der Waals surface area (Å²) >= 11 is 0. The Labute approximate surface area is 259 Å². The van der Waals surface area contributed by atoms with Gasteiger partial charge in [0.2, 0.25) is 17.7 Å². The summed E-state index contributed by atoms with van der Waals surface area (Å²) < 4.78 is 0. The van der Waals surface area contributed by atoms with Crippen molar-refractivity contribution in [1.29, 1.82) is 0 Å². The molecule has 1 aromatic rings. The van der Waals surface area contributed by atoms with Crippen molar-refractivity contribution in [3.63, 3.8) is 0 Å². The van der Waals surface area contributed by atoms with Crippen LogP contribution in [0.1, 0.15) is 84.6 Å². The third-order valence-electron chi connectivity index (χ3n) is 8.53. The van der Waals surface area contributed by atoms with E-state index in [0.29, 0.717) is 19.4 Å². The monoisotopic (exact) mass is 615 g/mol. The quantitative estimate of drug-likeness (QED) is 0.203. The maximum absolute atomic E-state index is 14.1. The van der Waals surface area contributed by atoms with Gasteiger partial charge in [-0.3, -0.25) is 29.0 Å². The fourth-order valence-electron chi connectivity index (χ4n) is 5.48. The molecule has 2 heterocycles. The summed E-state index contributed by atoms with van der Waals surface area (Å²) in [4.78, 5) is 76.0. The van der Waals surface area contributed by atoms with Crippen LogP contribution in [-0.2, 0) is 19.2 Å². The van der Waals surface area contributed by atoms with Crippen LogP contribution >= 0.6 is 0 Å². The zero-order chi connectivity index (χ0) is 32.7. The SMILES string of the molecule is CCCC(NC(=O)C1[C@@H](C)[C@@H](C)CN1C(=O)[C@@H](NC(=O)[C@H](NC(=O)c1cnccn1)C(C)C)C(C)C)C(O)C(=O)NC1CC1. The minimum absolute atomic E-state index is 0.0133. The van der Waals surface area contributed by atoms with E-state index in [1.165, 1.54) is 23.5 Å². The summed E-state index contributed by atoms with van der Waals surface area (Å²) in [7, 11) is 0. The Morgan fingerprint density at radius 2 is 1.61 bits per heavy atom. The Bertz CT molecular complexity index is 1180. The van der Waals surface area contributed by atoms with Crippen molar-refractivity contribution < 1.29 is 29.1 Å². The standard InChI is InChI=1S/C31H49N7O6/c1-8-9-21(26(39)30(43)34-20-10-11-20)35-29(42)25-19(7)18(6)15-38(25)31(44)24(17(4)5)37-28(41)23(16(2)3)36-27(40)22-14-32-12-13-33-22/h12-14,16-21,23-26,39H,8-11,15H2,1-7H3,(H,34,43)(H,35,42)(H,36,40)(H,37,41)/t18-,19-,21?,23+,24-,25?,26?/m0/s1. The molecule has 13 heteroatoms. The first-order valence-corrected chi connectivity index (χ1v) is 15.7. The van der Waals surface area contributed by atoms with Gasteiger partial charge >= 0.3 is 0 Å². The van der Waals surface area contributed by atoms with Crippen molar-refractivity contribution in [2.45, 2.75) is 110 Å². The van der Waals surface area contributed by atoms with E-state index in [2.05, 4.69) is 31.2 Å². The molecule has 0 aromatic carbocycles. The molecule has 244 valence electrons. The van der Waals surface area contributed by atoms with Crippen LogP contribution in [0.2, 0.25) is 0 Å². The second-order valence-corrected chi connectivity index (χ2v) is 12.9. The summed E-state index contributed by atoms with van der Waals surface area (Å²) in [5.74, 6) is -3.32. The van der Waals surface area contributed by atoms with Gasteiger partial charge in [0.25, 0.3) is 11.8 Å². The number of nitrogens with one attached hydrogen (secondary N) is 4. The molecule has 44 heavy (non-hydrogen) atoms. The Morgan fingerprint density at radius 3 is 2.16 bits per heavy atom. The summed E-state index contributed by atoms with van der Waals surface area (Å²) in [6.45, 7) is 13.2. The molecule has 1 aliphatic heterocycles. The van der Waals surface area contributed by atoms with Gasteiger partial charge in [0.05, 0.1) is 12.2 Å². The zero-order valence-corrected chi connectivity index (χ0v) is 26.9. The lowest BCUT2D eigenvalue weighted by atomic mass is 9.92. The first kappa shape index (κ1) is 34.9. The number of aliphatic hydroxyl groups is 1. The molecule has 1 saturated carbocycles. The highest BCUT2D eigenvalue weighted by Crippen LogP contribution is 2.31. The number of nitrogens with zero attached hydrogens (tertiary/aromatic N) is 3. The van der Waals surface area contributed by atoms with Gasteiger partial charge < -0.3 is 31.3 Å². The Balaban J connectivity index is 1.76. The molecule has 2 aliphatic rings. The molecule has 5 amide bonds. The van der Waals surface area contributed by atoms with Gasteiger partial charge in [-0.25, -0.2) is 4.98 Å². The fraction of sp³-hybridized carbons (Fsp3) is 0.710. The number of hydrogen-bond donors (Lipinski definition) is 5. The number of hydrogen-bond acceptors (Lipinski definition) is 8. The van der Waals surface area contributed by atoms with Gasteiger partial charge in [0.15, 0.2) is 6.10 Å². The Hall–Kier alpha value is -3.61. The molecular formula is C31H49N7O6. The second kappa shape index (κ2) is 15.4. The van der Waals surface area contributed by atoms with Gasteiger partial charge in [0.1, 0.15) is 23.8 Å². The van der Waals surface area contributed by atoms with Crippen molar-refractivity contribution in [2.24, 2.45) is 23.7 Å². The van der Waals surface area contributed by atoms with Gasteiger partial charge in [-0.05, 0) is 42.9 Å². The van der Waals surface area contributed by atoms with Gasteiger partial charge in [-0.2, -0.15) is 0 Å². The molecule has 0 bridgehead atoms. The second-order valence-electron chi connectivity index (χ2n) is 12.9. The molecule has 0 radical (unpaired) electrons. The molecule has 5 N–H and O–H groups in total. The summed E-state index contributed by atoms with van der Waals surface area (Å²) in [6.07, 6.45) is 5.47. The van der Waals surface area contributed by atoms with Crippen LogP contribution < -0.4 is 21.3 Å². The third kappa shape index (κ3) is 8.73. The highest BCUT2D eigenvalue weighted by molar-refractivity contribution is 5.98. The fourth-order valence-corrected chi connectivity index (χ4v) is 5.48. The van der Waals surface area contributed by atoms with E-state index in [1.54, 1.807) is 27.7 Å². The maximum Gasteiger partial charge on any atom is 0.272 e. The molecule has 7 atom stereocenters. The molecule has 2 fully saturated rings. The van der Waals surface area contributed by atoms with Crippen molar-refractivity contribution in [1.82, 2.24) is 36.1 Å². The van der Waals surface area contributed by atoms with E-state index in [1.807, 2.05) is 20.8 Å². The van der Waals surface area contributed by atoms with Gasteiger partial charge in [-0.1, -0.05) is 54.9 Å². The summed E-state index contributed by atoms with van der Waals surface area (Å²) in [5.41, 5.74) is 0.0628. The van der Waals surface area contributed by atoms with E-state index >= 15 is 0 Å². The lowest BCUT2D eigenvalue weighted by Crippen LogP contribution is -2.60. The summed E-state index contributed by atoms with van der Waals surface area (Å²) in [6, 6.07) is -3.52. The van der Waals surface area contributed by atoms with Crippen LogP contribution in [0.15, 0.2) is 18.6 Å². The van der Waals surface area contributed by atoms with E-state index in [-0.39, 0.29) is 35.4 Å². The third-order valence-corrected chi connectivity index (χ3v) is 8.53. The number of carbonyl (C=O) groups excluding carboxylic acids is 5. The average Bonchev–Trinajstić information content (AvgIpc) is 3.75. The predicted octanol–water partition coefficient (Wildman–Crippen LogP) is 0.779. The molecule has 13 nitrogen and oxygen atoms in total. The topological polar surface area (TPSA) is 183 Å². The van der Waals surface area contributed by atoms with Crippen molar-refractivity contribution in [3.05, 3.63) is 24.3 Å². The van der Waals surface area contributed by atoms with Gasteiger partial charge in [0, 0.05) is 25.0 Å². The number of carbonyl (C=O) groups is 5. The first-order valence-electron chi connectivity index (χ1n) is 15.7. The van der Waals surface area contributed by atoms with Crippen LogP contribution in [0.3, 0.4) is 0 Å². The van der Waals surface area contributed by atoms with Crippen molar-refractivity contribution in [3.8, 4) is 0 Å². The first-order chi connectivity index (χ1) is 20.8. The number of aliphatic hydroxyl groups excluding tert-OH is 1. The van der Waals surface area contributed by atoms with Gasteiger partial charge in [-0.15, -0.1) is 0 Å². The lowest BCUT2D eigenvalue weighted by molar-refractivity contribution is -0.144. The lowest BCUT2D eigenvalue weighted by Gasteiger charge is -2.34. The molecule has 3 rings (SSSR count). The number of rotatable bonds is 14. The number of amides is 5. The van der Waals surface area contributed by atoms with E-state index in [0.717, 1.165) is 12.8 Å². The van der Waals surface area contributed by atoms with Crippen molar-refractivity contribution in [2.75, 3.05) is 6.54 Å². The smallest absolute Gasteiger partial charge is 0.272 e. The molecule has 3 unspecified atom stereocenters. The van der Waals surface area contributed by atoms with E-state index in [9.17, 15) is 29.1 Å². The molecule has 0 spiro atoms. The zero-order valence-electron chi connectivity index (χ0n) is 26.9. The Morgan fingerprint density at radius 1 is 0.955 bits per heavy atom. The van der Waals surface area contributed by atoms with E-state index < -0.39 is 59.8 Å². The van der Waals surface area contributed by atoms with Crippen molar-refractivity contribution >= 4 is 29.5 Å². The van der Waals surface area contributed by atoms with Crippen LogP contribution in [0, 0.1) is 23.7 Å². The van der Waals surface area contributed by atoms with Crippen LogP contribution in [0.25, 0.3) is 0 Å². The number of aromatic nitrogens is 2. The molecular weight excluding hydrogens is 566 g/mol. The molecule has 1 aliphatic carbocycles. The van der Waals surface area contributed by atoms with Crippen LogP contribution in [0.5, 0.6) is 0 Å². The largest absolute Gasteiger partial charge is 0.381 e. The summed E-state index contributed by atoms with van der Waals surface area (Å²) in [5, 5.41) is 21.9. The maximum atomic E-state index is 14.1. The molecule has 1 saturated heterocycles.